The quantitative estimate of drug-likeness (QED) is 0.201. The van der Waals surface area contributed by atoms with Gasteiger partial charge in [-0.2, -0.15) is 0 Å². The molecule has 1 aliphatic heterocycles. The summed E-state index contributed by atoms with van der Waals surface area (Å²) < 4.78 is 12.8. The zero-order chi connectivity index (χ0) is 31.0. The van der Waals surface area contributed by atoms with Crippen molar-refractivity contribution in [2.24, 2.45) is 0 Å². The molecule has 8 aromatic rings. The highest BCUT2D eigenvalue weighted by molar-refractivity contribution is 6.02. The van der Waals surface area contributed by atoms with E-state index in [4.69, 9.17) is 24.1 Å². The second kappa shape index (κ2) is 9.83. The van der Waals surface area contributed by atoms with Crippen LogP contribution in [0.1, 0.15) is 22.3 Å². The van der Waals surface area contributed by atoms with E-state index in [0.29, 0.717) is 17.5 Å². The first-order valence-corrected chi connectivity index (χ1v) is 15.7. The van der Waals surface area contributed by atoms with Gasteiger partial charge in [0.25, 0.3) is 0 Å². The van der Waals surface area contributed by atoms with Gasteiger partial charge < -0.3 is 9.15 Å². The van der Waals surface area contributed by atoms with Gasteiger partial charge in [-0.05, 0) is 41.0 Å². The molecule has 5 heteroatoms. The standard InChI is InChI=1S/C42H25N3O2/c1-3-11-27(12-4-1)39-43-40(28-13-5-2-6-14-28)45-41(44-39)29-19-21-30-34(25-29)42(33-22-20-26-23-24-46-38(26)37(30)33)31-15-7-9-17-35(31)47-36-18-10-8-16-32(36)42/h1-25H. The second-order valence-electron chi connectivity index (χ2n) is 12.0. The summed E-state index contributed by atoms with van der Waals surface area (Å²) in [7, 11) is 0. The summed E-state index contributed by atoms with van der Waals surface area (Å²) in [5.41, 5.74) is 9.72. The zero-order valence-electron chi connectivity index (χ0n) is 25.1. The van der Waals surface area contributed by atoms with Gasteiger partial charge in [-0.1, -0.05) is 121 Å². The number of furan rings is 1. The highest BCUT2D eigenvalue weighted by atomic mass is 16.5. The van der Waals surface area contributed by atoms with E-state index in [1.54, 1.807) is 6.26 Å². The van der Waals surface area contributed by atoms with Crippen molar-refractivity contribution in [2.45, 2.75) is 5.41 Å². The van der Waals surface area contributed by atoms with Gasteiger partial charge in [-0.15, -0.1) is 0 Å². The molecule has 0 amide bonds. The van der Waals surface area contributed by atoms with Crippen LogP contribution in [0.5, 0.6) is 11.5 Å². The third-order valence-electron chi connectivity index (χ3n) is 9.48. The minimum absolute atomic E-state index is 0.614. The zero-order valence-corrected chi connectivity index (χ0v) is 25.1. The summed E-state index contributed by atoms with van der Waals surface area (Å²) in [6.45, 7) is 0. The molecule has 2 aliphatic rings. The van der Waals surface area contributed by atoms with E-state index in [9.17, 15) is 0 Å². The molecular formula is C42H25N3O2. The molecule has 3 heterocycles. The number of hydrogen-bond donors (Lipinski definition) is 0. The Morgan fingerprint density at radius 2 is 1.02 bits per heavy atom. The topological polar surface area (TPSA) is 61.0 Å². The number of rotatable bonds is 3. The van der Waals surface area contributed by atoms with Crippen molar-refractivity contribution in [3.05, 3.63) is 174 Å². The lowest BCUT2D eigenvalue weighted by Gasteiger charge is -2.39. The molecule has 220 valence electrons. The van der Waals surface area contributed by atoms with E-state index in [0.717, 1.165) is 67.0 Å². The van der Waals surface area contributed by atoms with Crippen LogP contribution in [0.3, 0.4) is 0 Å². The molecule has 47 heavy (non-hydrogen) atoms. The Kier molecular flexibility index (Phi) is 5.43. The lowest BCUT2D eigenvalue weighted by molar-refractivity contribution is 0.436. The normalized spacial score (nSPS) is 13.4. The van der Waals surface area contributed by atoms with E-state index in [1.807, 2.05) is 78.9 Å². The Hall–Kier alpha value is -6.33. The predicted octanol–water partition coefficient (Wildman–Crippen LogP) is 10.1. The Morgan fingerprint density at radius 3 is 1.66 bits per heavy atom. The first-order valence-electron chi connectivity index (χ1n) is 15.7. The summed E-state index contributed by atoms with van der Waals surface area (Å²) in [6.07, 6.45) is 1.77. The van der Waals surface area contributed by atoms with Crippen LogP contribution in [0.25, 0.3) is 56.3 Å². The van der Waals surface area contributed by atoms with Crippen LogP contribution in [0.4, 0.5) is 0 Å². The lowest BCUT2D eigenvalue weighted by Crippen LogP contribution is -2.32. The van der Waals surface area contributed by atoms with E-state index < -0.39 is 5.41 Å². The van der Waals surface area contributed by atoms with Crippen molar-refractivity contribution in [3.8, 4) is 56.8 Å². The fraction of sp³-hybridized carbons (Fsp3) is 0.0238. The predicted molar refractivity (Wildman–Crippen MR) is 183 cm³/mol. The van der Waals surface area contributed by atoms with Gasteiger partial charge in [-0.25, -0.2) is 15.0 Å². The number of ether oxygens (including phenoxy) is 1. The van der Waals surface area contributed by atoms with E-state index in [2.05, 4.69) is 66.7 Å². The van der Waals surface area contributed by atoms with Gasteiger partial charge in [0, 0.05) is 38.8 Å². The molecule has 5 nitrogen and oxygen atoms in total. The Bertz CT molecular complexity index is 2400. The highest BCUT2D eigenvalue weighted by Gasteiger charge is 2.52. The third kappa shape index (κ3) is 3.68. The number of hydrogen-bond acceptors (Lipinski definition) is 5. The Labute approximate surface area is 270 Å². The minimum Gasteiger partial charge on any atom is -0.464 e. The molecule has 0 bridgehead atoms. The maximum atomic E-state index is 6.55. The van der Waals surface area contributed by atoms with Crippen molar-refractivity contribution in [1.82, 2.24) is 15.0 Å². The monoisotopic (exact) mass is 603 g/mol. The number of fused-ring (bicyclic) bond motifs is 11. The molecule has 10 rings (SSSR count). The molecule has 0 saturated carbocycles. The molecule has 0 radical (unpaired) electrons. The summed E-state index contributed by atoms with van der Waals surface area (Å²) in [6, 6.07) is 50.0. The molecule has 6 aromatic carbocycles. The average Bonchev–Trinajstić information content (AvgIpc) is 3.74. The lowest BCUT2D eigenvalue weighted by atomic mass is 9.66. The summed E-state index contributed by atoms with van der Waals surface area (Å²) >= 11 is 0. The number of aromatic nitrogens is 3. The maximum absolute atomic E-state index is 6.55. The van der Waals surface area contributed by atoms with Crippen LogP contribution in [0.15, 0.2) is 156 Å². The van der Waals surface area contributed by atoms with Crippen LogP contribution in [0.2, 0.25) is 0 Å². The first kappa shape index (κ1) is 25.9. The largest absolute Gasteiger partial charge is 0.464 e. The van der Waals surface area contributed by atoms with Crippen molar-refractivity contribution in [3.63, 3.8) is 0 Å². The Morgan fingerprint density at radius 1 is 0.447 bits per heavy atom. The summed E-state index contributed by atoms with van der Waals surface area (Å²) in [5.74, 6) is 3.56. The fourth-order valence-corrected chi connectivity index (χ4v) is 7.48. The van der Waals surface area contributed by atoms with Crippen LogP contribution < -0.4 is 4.74 Å². The van der Waals surface area contributed by atoms with Gasteiger partial charge in [0.1, 0.15) is 17.1 Å². The molecule has 2 aromatic heterocycles. The van der Waals surface area contributed by atoms with Crippen LogP contribution in [0, 0.1) is 0 Å². The van der Waals surface area contributed by atoms with Crippen molar-refractivity contribution >= 4 is 11.0 Å². The molecule has 1 aliphatic carbocycles. The van der Waals surface area contributed by atoms with Gasteiger partial charge >= 0.3 is 0 Å². The minimum atomic E-state index is -0.648. The fourth-order valence-electron chi connectivity index (χ4n) is 7.48. The smallest absolute Gasteiger partial charge is 0.164 e. The molecular weight excluding hydrogens is 578 g/mol. The third-order valence-corrected chi connectivity index (χ3v) is 9.48. The first-order chi connectivity index (χ1) is 23.3. The van der Waals surface area contributed by atoms with Gasteiger partial charge in [0.2, 0.25) is 0 Å². The summed E-state index contributed by atoms with van der Waals surface area (Å²) in [5, 5.41) is 1.07. The summed E-state index contributed by atoms with van der Waals surface area (Å²) in [4.78, 5) is 15.1. The molecule has 0 N–H and O–H groups in total. The van der Waals surface area contributed by atoms with E-state index >= 15 is 0 Å². The van der Waals surface area contributed by atoms with Crippen LogP contribution in [-0.4, -0.2) is 15.0 Å². The Balaban J connectivity index is 1.29. The van der Waals surface area contributed by atoms with E-state index in [-0.39, 0.29) is 0 Å². The number of para-hydroxylation sites is 2. The molecule has 0 unspecified atom stereocenters. The molecule has 0 fully saturated rings. The average molecular weight is 604 g/mol. The molecule has 1 spiro atoms. The maximum Gasteiger partial charge on any atom is 0.164 e. The second-order valence-corrected chi connectivity index (χ2v) is 12.0. The van der Waals surface area contributed by atoms with Gasteiger partial charge in [0.15, 0.2) is 17.5 Å². The number of nitrogens with zero attached hydrogens (tertiary/aromatic N) is 3. The van der Waals surface area contributed by atoms with Crippen molar-refractivity contribution in [2.75, 3.05) is 0 Å². The molecule has 0 atom stereocenters. The van der Waals surface area contributed by atoms with Crippen molar-refractivity contribution in [1.29, 1.82) is 0 Å². The van der Waals surface area contributed by atoms with Gasteiger partial charge in [-0.3, -0.25) is 0 Å². The van der Waals surface area contributed by atoms with E-state index in [1.165, 1.54) is 5.56 Å². The molecule has 0 saturated heterocycles. The van der Waals surface area contributed by atoms with Gasteiger partial charge in [0.05, 0.1) is 11.7 Å². The van der Waals surface area contributed by atoms with Crippen LogP contribution in [-0.2, 0) is 5.41 Å². The highest BCUT2D eigenvalue weighted by Crippen LogP contribution is 2.63. The van der Waals surface area contributed by atoms with Crippen molar-refractivity contribution < 1.29 is 9.15 Å². The number of benzene rings is 6. The SMILES string of the molecule is c1ccc(-c2nc(-c3ccccc3)nc(-c3ccc4c(c3)C3(c5ccccc5Oc5ccccc53)c3ccc5ccoc5c3-4)n2)cc1. The van der Waals surface area contributed by atoms with Crippen LogP contribution >= 0.6 is 0 Å².